The predicted octanol–water partition coefficient (Wildman–Crippen LogP) is 4.52. The highest BCUT2D eigenvalue weighted by Gasteiger charge is 2.26. The summed E-state index contributed by atoms with van der Waals surface area (Å²) < 4.78 is 0. The molecule has 0 saturated carbocycles. The number of aromatic nitrogens is 2. The Kier molecular flexibility index (Phi) is 7.29. The Labute approximate surface area is 180 Å². The van der Waals surface area contributed by atoms with E-state index in [1.54, 1.807) is 0 Å². The normalized spacial score (nSPS) is 14.3. The van der Waals surface area contributed by atoms with E-state index in [4.69, 9.17) is 9.97 Å². The second-order valence-corrected chi connectivity index (χ2v) is 8.45. The highest BCUT2D eigenvalue weighted by molar-refractivity contribution is 5.74. The van der Waals surface area contributed by atoms with Gasteiger partial charge in [-0.25, -0.2) is 14.8 Å². The number of unbranched alkanes of at least 4 members (excludes halogenated alkanes) is 1. The Hall–Kier alpha value is -2.63. The van der Waals surface area contributed by atoms with E-state index < -0.39 is 0 Å². The minimum absolute atomic E-state index is 0.0476. The Bertz CT molecular complexity index is 855. The number of piperazine rings is 1. The van der Waals surface area contributed by atoms with Gasteiger partial charge in [-0.2, -0.15) is 0 Å². The van der Waals surface area contributed by atoms with E-state index >= 15 is 0 Å². The van der Waals surface area contributed by atoms with Crippen LogP contribution >= 0.6 is 0 Å². The van der Waals surface area contributed by atoms with E-state index in [9.17, 15) is 4.79 Å². The monoisotopic (exact) mass is 409 g/mol. The summed E-state index contributed by atoms with van der Waals surface area (Å²) in [5.41, 5.74) is 4.49. The SMILES string of the molecule is CCCCNC(=O)N1CCN(c2nc(-c3ccc(C)cc3)nc(C)c2C(C)C)CC1. The Morgan fingerprint density at radius 1 is 1.07 bits per heavy atom. The van der Waals surface area contributed by atoms with E-state index in [0.29, 0.717) is 19.0 Å². The van der Waals surface area contributed by atoms with Gasteiger partial charge in [-0.05, 0) is 26.2 Å². The lowest BCUT2D eigenvalue weighted by atomic mass is 10.0. The largest absolute Gasteiger partial charge is 0.353 e. The number of amides is 2. The van der Waals surface area contributed by atoms with Crippen molar-refractivity contribution in [1.29, 1.82) is 0 Å². The summed E-state index contributed by atoms with van der Waals surface area (Å²) in [7, 11) is 0. The van der Waals surface area contributed by atoms with Gasteiger partial charge in [0.2, 0.25) is 0 Å². The van der Waals surface area contributed by atoms with Gasteiger partial charge in [-0.1, -0.05) is 57.0 Å². The first-order chi connectivity index (χ1) is 14.4. The van der Waals surface area contributed by atoms with Crippen molar-refractivity contribution in [2.45, 2.75) is 53.4 Å². The molecule has 3 rings (SSSR count). The number of hydrogen-bond acceptors (Lipinski definition) is 4. The van der Waals surface area contributed by atoms with Gasteiger partial charge in [-0.15, -0.1) is 0 Å². The number of aryl methyl sites for hydroxylation is 2. The van der Waals surface area contributed by atoms with Crippen molar-refractivity contribution in [3.8, 4) is 11.4 Å². The van der Waals surface area contributed by atoms with Gasteiger partial charge < -0.3 is 15.1 Å². The standard InChI is InChI=1S/C24H35N5O/c1-6-7-12-25-24(30)29-15-13-28(14-16-29)23-21(17(2)3)19(5)26-22(27-23)20-10-8-18(4)9-11-20/h8-11,17H,6-7,12-16H2,1-5H3,(H,25,30). The third-order valence-electron chi connectivity index (χ3n) is 5.68. The highest BCUT2D eigenvalue weighted by atomic mass is 16.2. The molecule has 0 radical (unpaired) electrons. The van der Waals surface area contributed by atoms with Crippen LogP contribution in [0.1, 0.15) is 56.4 Å². The van der Waals surface area contributed by atoms with Crippen LogP contribution in [0, 0.1) is 13.8 Å². The topological polar surface area (TPSA) is 61.4 Å². The first-order valence-corrected chi connectivity index (χ1v) is 11.1. The molecule has 1 aromatic carbocycles. The van der Waals surface area contributed by atoms with Crippen molar-refractivity contribution in [3.05, 3.63) is 41.1 Å². The van der Waals surface area contributed by atoms with E-state index in [1.807, 2.05) is 4.90 Å². The number of carbonyl (C=O) groups excluding carboxylic acids is 1. The zero-order valence-corrected chi connectivity index (χ0v) is 19.0. The van der Waals surface area contributed by atoms with Gasteiger partial charge in [0, 0.05) is 49.5 Å². The van der Waals surface area contributed by atoms with E-state index in [2.05, 4.69) is 69.1 Å². The van der Waals surface area contributed by atoms with Crippen LogP contribution in [0.5, 0.6) is 0 Å². The minimum atomic E-state index is 0.0476. The predicted molar refractivity (Wildman–Crippen MR) is 123 cm³/mol. The molecule has 1 aliphatic rings. The van der Waals surface area contributed by atoms with Crippen LogP contribution in [0.25, 0.3) is 11.4 Å². The molecule has 0 atom stereocenters. The average Bonchev–Trinajstić information content (AvgIpc) is 2.73. The van der Waals surface area contributed by atoms with Crippen LogP contribution in [0.15, 0.2) is 24.3 Å². The molecular formula is C24H35N5O. The van der Waals surface area contributed by atoms with Crippen molar-refractivity contribution in [1.82, 2.24) is 20.2 Å². The van der Waals surface area contributed by atoms with Crippen LogP contribution in [-0.2, 0) is 0 Å². The molecule has 1 fully saturated rings. The molecule has 1 N–H and O–H groups in total. The molecule has 1 aromatic heterocycles. The fraction of sp³-hybridized carbons (Fsp3) is 0.542. The fourth-order valence-electron chi connectivity index (χ4n) is 3.92. The second kappa shape index (κ2) is 9.92. The Balaban J connectivity index is 1.81. The van der Waals surface area contributed by atoms with Crippen molar-refractivity contribution in [3.63, 3.8) is 0 Å². The third-order valence-corrected chi connectivity index (χ3v) is 5.68. The summed E-state index contributed by atoms with van der Waals surface area (Å²) in [5, 5.41) is 3.02. The Morgan fingerprint density at radius 3 is 2.33 bits per heavy atom. The van der Waals surface area contributed by atoms with Gasteiger partial charge in [0.25, 0.3) is 0 Å². The summed E-state index contributed by atoms with van der Waals surface area (Å²) in [5.74, 6) is 2.12. The number of benzene rings is 1. The molecule has 0 spiro atoms. The number of urea groups is 1. The summed E-state index contributed by atoms with van der Waals surface area (Å²) in [4.78, 5) is 26.4. The van der Waals surface area contributed by atoms with Gasteiger partial charge in [0.15, 0.2) is 5.82 Å². The number of nitrogens with zero attached hydrogens (tertiary/aromatic N) is 4. The van der Waals surface area contributed by atoms with E-state index in [1.165, 1.54) is 11.1 Å². The van der Waals surface area contributed by atoms with Crippen LogP contribution in [0.3, 0.4) is 0 Å². The van der Waals surface area contributed by atoms with Gasteiger partial charge in [0.1, 0.15) is 5.82 Å². The van der Waals surface area contributed by atoms with Gasteiger partial charge in [-0.3, -0.25) is 0 Å². The molecule has 2 amide bonds. The molecule has 6 heteroatoms. The summed E-state index contributed by atoms with van der Waals surface area (Å²) >= 11 is 0. The molecule has 1 saturated heterocycles. The summed E-state index contributed by atoms with van der Waals surface area (Å²) in [6.45, 7) is 14.4. The van der Waals surface area contributed by atoms with E-state index in [-0.39, 0.29) is 6.03 Å². The van der Waals surface area contributed by atoms with E-state index in [0.717, 1.165) is 55.4 Å². The molecular weight excluding hydrogens is 374 g/mol. The van der Waals surface area contributed by atoms with Gasteiger partial charge >= 0.3 is 6.03 Å². The van der Waals surface area contributed by atoms with Crippen LogP contribution in [0.2, 0.25) is 0 Å². The average molecular weight is 410 g/mol. The van der Waals surface area contributed by atoms with Crippen LogP contribution in [-0.4, -0.2) is 53.6 Å². The van der Waals surface area contributed by atoms with Crippen molar-refractivity contribution in [2.75, 3.05) is 37.6 Å². The van der Waals surface area contributed by atoms with Crippen LogP contribution < -0.4 is 10.2 Å². The number of anilines is 1. The minimum Gasteiger partial charge on any atom is -0.353 e. The lowest BCUT2D eigenvalue weighted by Gasteiger charge is -2.37. The first-order valence-electron chi connectivity index (χ1n) is 11.1. The summed E-state index contributed by atoms with van der Waals surface area (Å²) in [6.07, 6.45) is 2.11. The zero-order valence-electron chi connectivity index (χ0n) is 19.0. The molecule has 0 aliphatic carbocycles. The molecule has 2 heterocycles. The molecule has 0 bridgehead atoms. The zero-order chi connectivity index (χ0) is 21.7. The number of hydrogen-bond donors (Lipinski definition) is 1. The second-order valence-electron chi connectivity index (χ2n) is 8.45. The molecule has 30 heavy (non-hydrogen) atoms. The molecule has 162 valence electrons. The lowest BCUT2D eigenvalue weighted by Crippen LogP contribution is -2.52. The number of nitrogens with one attached hydrogen (secondary N) is 1. The molecule has 0 unspecified atom stereocenters. The molecule has 1 aliphatic heterocycles. The Morgan fingerprint density at radius 2 is 1.73 bits per heavy atom. The maximum atomic E-state index is 12.4. The third kappa shape index (κ3) is 5.10. The smallest absolute Gasteiger partial charge is 0.317 e. The van der Waals surface area contributed by atoms with Crippen molar-refractivity contribution >= 4 is 11.8 Å². The summed E-state index contributed by atoms with van der Waals surface area (Å²) in [6, 6.07) is 8.41. The first kappa shape index (κ1) is 22.1. The quantitative estimate of drug-likeness (QED) is 0.713. The van der Waals surface area contributed by atoms with Crippen molar-refractivity contribution in [2.24, 2.45) is 0 Å². The number of rotatable bonds is 6. The maximum absolute atomic E-state index is 12.4. The highest BCUT2D eigenvalue weighted by Crippen LogP contribution is 2.31. The lowest BCUT2D eigenvalue weighted by molar-refractivity contribution is 0.194. The fourth-order valence-corrected chi connectivity index (χ4v) is 3.92. The molecule has 6 nitrogen and oxygen atoms in total. The van der Waals surface area contributed by atoms with Crippen molar-refractivity contribution < 1.29 is 4.79 Å². The maximum Gasteiger partial charge on any atom is 0.317 e. The number of carbonyl (C=O) groups is 1. The molecule has 2 aromatic rings. The van der Waals surface area contributed by atoms with Crippen LogP contribution in [0.4, 0.5) is 10.6 Å². The van der Waals surface area contributed by atoms with Gasteiger partial charge in [0.05, 0.1) is 0 Å².